The lowest BCUT2D eigenvalue weighted by Crippen LogP contribution is -2.29. The van der Waals surface area contributed by atoms with Crippen LogP contribution < -0.4 is 0 Å². The van der Waals surface area contributed by atoms with Crippen molar-refractivity contribution in [3.8, 4) is 0 Å². The van der Waals surface area contributed by atoms with Crippen LogP contribution in [0.15, 0.2) is 36.5 Å². The lowest BCUT2D eigenvalue weighted by Gasteiger charge is -2.25. The Hall–Kier alpha value is -2.40. The van der Waals surface area contributed by atoms with E-state index < -0.39 is 0 Å². The van der Waals surface area contributed by atoms with E-state index in [4.69, 9.17) is 11.6 Å². The molecule has 3 rings (SSSR count). The molecule has 0 aliphatic carbocycles. The lowest BCUT2D eigenvalue weighted by molar-refractivity contribution is 0.0742. The molecule has 0 fully saturated rings. The zero-order valence-corrected chi connectivity index (χ0v) is 13.9. The van der Waals surface area contributed by atoms with E-state index in [0.29, 0.717) is 16.2 Å². The number of carbonyl (C=O) groups excluding carboxylic acids is 1. The van der Waals surface area contributed by atoms with E-state index >= 15 is 0 Å². The molecule has 3 aromatic rings. The molecule has 0 bridgehead atoms. The van der Waals surface area contributed by atoms with Crippen molar-refractivity contribution in [2.45, 2.75) is 19.9 Å². The molecule has 1 N–H and O–H groups in total. The first kappa shape index (κ1) is 15.5. The number of halogens is 1. The molecule has 118 valence electrons. The van der Waals surface area contributed by atoms with E-state index in [9.17, 15) is 4.79 Å². The van der Waals surface area contributed by atoms with Crippen molar-refractivity contribution in [2.75, 3.05) is 7.05 Å². The van der Waals surface area contributed by atoms with E-state index in [1.165, 1.54) is 0 Å². The number of carbonyl (C=O) groups is 1. The monoisotopic (exact) mass is 328 g/mol. The number of hydrogen-bond acceptors (Lipinski definition) is 3. The Morgan fingerprint density at radius 3 is 2.87 bits per heavy atom. The number of aromatic nitrogens is 3. The van der Waals surface area contributed by atoms with Crippen molar-refractivity contribution in [1.29, 1.82) is 0 Å². The van der Waals surface area contributed by atoms with Crippen molar-refractivity contribution in [1.82, 2.24) is 20.1 Å². The fourth-order valence-electron chi connectivity index (χ4n) is 2.51. The third kappa shape index (κ3) is 2.92. The normalized spacial score (nSPS) is 12.3. The highest BCUT2D eigenvalue weighted by atomic mass is 35.5. The molecule has 2 heterocycles. The molecule has 1 amide bonds. The maximum atomic E-state index is 12.7. The average molecular weight is 329 g/mol. The summed E-state index contributed by atoms with van der Waals surface area (Å²) < 4.78 is 0. The van der Waals surface area contributed by atoms with Crippen LogP contribution in [0.3, 0.4) is 0 Å². The van der Waals surface area contributed by atoms with E-state index in [1.807, 2.05) is 44.2 Å². The minimum Gasteiger partial charge on any atom is -0.335 e. The summed E-state index contributed by atoms with van der Waals surface area (Å²) in [6.07, 6.45) is 1.56. The van der Waals surface area contributed by atoms with Gasteiger partial charge in [-0.25, -0.2) is 4.98 Å². The van der Waals surface area contributed by atoms with Crippen LogP contribution in [0.2, 0.25) is 5.02 Å². The van der Waals surface area contributed by atoms with Crippen LogP contribution >= 0.6 is 11.6 Å². The first-order valence-electron chi connectivity index (χ1n) is 7.30. The van der Waals surface area contributed by atoms with Crippen LogP contribution in [0.25, 0.3) is 11.0 Å². The van der Waals surface area contributed by atoms with Gasteiger partial charge in [-0.15, -0.1) is 0 Å². The number of H-pyrrole nitrogens is 1. The zero-order valence-electron chi connectivity index (χ0n) is 13.2. The van der Waals surface area contributed by atoms with Gasteiger partial charge in [0.25, 0.3) is 5.91 Å². The molecule has 1 aromatic carbocycles. The quantitative estimate of drug-likeness (QED) is 0.796. The number of benzene rings is 1. The number of rotatable bonds is 3. The molecule has 2 aromatic heterocycles. The summed E-state index contributed by atoms with van der Waals surface area (Å²) in [4.78, 5) is 18.7. The summed E-state index contributed by atoms with van der Waals surface area (Å²) >= 11 is 6.04. The average Bonchev–Trinajstić information content (AvgIpc) is 2.93. The minimum absolute atomic E-state index is 0.0903. The van der Waals surface area contributed by atoms with E-state index in [1.54, 1.807) is 18.1 Å². The fraction of sp³-hybridized carbons (Fsp3) is 0.235. The van der Waals surface area contributed by atoms with Gasteiger partial charge >= 0.3 is 0 Å². The Morgan fingerprint density at radius 2 is 2.13 bits per heavy atom. The van der Waals surface area contributed by atoms with Crippen molar-refractivity contribution in [2.24, 2.45) is 0 Å². The van der Waals surface area contributed by atoms with Gasteiger partial charge in [0, 0.05) is 29.3 Å². The molecule has 5 nitrogen and oxygen atoms in total. The summed E-state index contributed by atoms with van der Waals surface area (Å²) in [5.41, 5.74) is 3.04. The maximum absolute atomic E-state index is 12.7. The topological polar surface area (TPSA) is 61.9 Å². The van der Waals surface area contributed by atoms with Crippen LogP contribution in [0.1, 0.15) is 34.6 Å². The Morgan fingerprint density at radius 1 is 1.35 bits per heavy atom. The Kier molecular flexibility index (Phi) is 4.05. The molecule has 0 aliphatic rings. The summed E-state index contributed by atoms with van der Waals surface area (Å²) in [6.45, 7) is 3.88. The molecule has 23 heavy (non-hydrogen) atoms. The Balaban J connectivity index is 1.89. The predicted molar refractivity (Wildman–Crippen MR) is 90.6 cm³/mol. The molecule has 6 heteroatoms. The number of fused-ring (bicyclic) bond motifs is 1. The number of aromatic amines is 1. The Labute approximate surface area is 139 Å². The second-order valence-electron chi connectivity index (χ2n) is 5.59. The van der Waals surface area contributed by atoms with Gasteiger partial charge in [-0.05, 0) is 37.6 Å². The molecule has 0 unspecified atom stereocenters. The van der Waals surface area contributed by atoms with Crippen LogP contribution in [-0.2, 0) is 0 Å². The van der Waals surface area contributed by atoms with Gasteiger partial charge in [-0.3, -0.25) is 9.89 Å². The SMILES string of the molecule is Cc1[nH]nc2ncc(C(=O)N(C)[C@H](C)c3cccc(Cl)c3)cc12. The molecule has 0 radical (unpaired) electrons. The van der Waals surface area contributed by atoms with Gasteiger partial charge in [0.05, 0.1) is 11.6 Å². The molecule has 0 spiro atoms. The van der Waals surface area contributed by atoms with E-state index in [2.05, 4.69) is 15.2 Å². The number of aryl methyl sites for hydroxylation is 1. The van der Waals surface area contributed by atoms with E-state index in [-0.39, 0.29) is 11.9 Å². The van der Waals surface area contributed by atoms with Crippen molar-refractivity contribution >= 4 is 28.5 Å². The summed E-state index contributed by atoms with van der Waals surface area (Å²) in [6, 6.07) is 9.26. The standard InChI is InChI=1S/C17H17ClN4O/c1-10-15-8-13(9-19-16(15)21-20-10)17(23)22(3)11(2)12-5-4-6-14(18)7-12/h4-9,11H,1-3H3,(H,19,20,21)/t11-/m1/s1. The van der Waals surface area contributed by atoms with Gasteiger partial charge in [0.2, 0.25) is 0 Å². The first-order chi connectivity index (χ1) is 11.0. The smallest absolute Gasteiger partial charge is 0.255 e. The van der Waals surface area contributed by atoms with Crippen LogP contribution in [0.5, 0.6) is 0 Å². The second kappa shape index (κ2) is 6.01. The number of amides is 1. The predicted octanol–water partition coefficient (Wildman–Crippen LogP) is 3.75. The third-order valence-electron chi connectivity index (χ3n) is 4.08. The van der Waals surface area contributed by atoms with Crippen LogP contribution in [0.4, 0.5) is 0 Å². The third-order valence-corrected chi connectivity index (χ3v) is 4.31. The number of nitrogens with zero attached hydrogens (tertiary/aromatic N) is 3. The summed E-state index contributed by atoms with van der Waals surface area (Å²) in [5, 5.41) is 8.48. The van der Waals surface area contributed by atoms with Gasteiger partial charge in [-0.1, -0.05) is 23.7 Å². The number of pyridine rings is 1. The molecule has 1 atom stereocenters. The highest BCUT2D eigenvalue weighted by Crippen LogP contribution is 2.24. The van der Waals surface area contributed by atoms with Gasteiger partial charge in [0.1, 0.15) is 0 Å². The van der Waals surface area contributed by atoms with Gasteiger partial charge < -0.3 is 4.90 Å². The first-order valence-corrected chi connectivity index (χ1v) is 7.68. The van der Waals surface area contributed by atoms with E-state index in [0.717, 1.165) is 16.6 Å². The summed E-state index contributed by atoms with van der Waals surface area (Å²) in [7, 11) is 1.78. The van der Waals surface area contributed by atoms with Crippen molar-refractivity contribution in [3.05, 3.63) is 58.4 Å². The number of hydrogen-bond donors (Lipinski definition) is 1. The van der Waals surface area contributed by atoms with Crippen LogP contribution in [0, 0.1) is 6.92 Å². The zero-order chi connectivity index (χ0) is 16.6. The van der Waals surface area contributed by atoms with Gasteiger partial charge in [-0.2, -0.15) is 5.10 Å². The highest BCUT2D eigenvalue weighted by Gasteiger charge is 2.20. The lowest BCUT2D eigenvalue weighted by atomic mass is 10.1. The van der Waals surface area contributed by atoms with Crippen molar-refractivity contribution in [3.63, 3.8) is 0 Å². The largest absolute Gasteiger partial charge is 0.335 e. The molecule has 0 saturated heterocycles. The van der Waals surface area contributed by atoms with Crippen LogP contribution in [-0.4, -0.2) is 33.0 Å². The Bertz CT molecular complexity index is 874. The molecule has 0 aliphatic heterocycles. The highest BCUT2D eigenvalue weighted by molar-refractivity contribution is 6.30. The molecular formula is C17H17ClN4O. The molecule has 0 saturated carbocycles. The van der Waals surface area contributed by atoms with Crippen molar-refractivity contribution < 1.29 is 4.79 Å². The van der Waals surface area contributed by atoms with Gasteiger partial charge in [0.15, 0.2) is 5.65 Å². The molecular weight excluding hydrogens is 312 g/mol. The number of nitrogens with one attached hydrogen (secondary N) is 1. The maximum Gasteiger partial charge on any atom is 0.255 e. The summed E-state index contributed by atoms with van der Waals surface area (Å²) in [5.74, 6) is -0.0903. The minimum atomic E-state index is -0.0951. The fourth-order valence-corrected chi connectivity index (χ4v) is 2.70. The second-order valence-corrected chi connectivity index (χ2v) is 6.03.